The van der Waals surface area contributed by atoms with Gasteiger partial charge in [0.25, 0.3) is 5.91 Å². The van der Waals surface area contributed by atoms with Crippen LogP contribution < -0.4 is 10.5 Å². The third kappa shape index (κ3) is 5.29. The van der Waals surface area contributed by atoms with Gasteiger partial charge in [-0.05, 0) is 18.1 Å². The van der Waals surface area contributed by atoms with Gasteiger partial charge in [-0.1, -0.05) is 66.4 Å². The van der Waals surface area contributed by atoms with E-state index in [-0.39, 0.29) is 17.2 Å². The second-order valence-electron chi connectivity index (χ2n) is 5.91. The van der Waals surface area contributed by atoms with Crippen molar-refractivity contribution in [3.05, 3.63) is 65.7 Å². The Morgan fingerprint density at radius 2 is 1.86 bits per heavy atom. The molecule has 0 aliphatic carbocycles. The molecule has 0 fully saturated rings. The van der Waals surface area contributed by atoms with E-state index in [0.29, 0.717) is 17.3 Å². The molecule has 29 heavy (non-hydrogen) atoms. The molecule has 3 aromatic rings. The van der Waals surface area contributed by atoms with Crippen molar-refractivity contribution >= 4 is 29.9 Å². The van der Waals surface area contributed by atoms with Gasteiger partial charge in [-0.25, -0.2) is 5.43 Å². The van der Waals surface area contributed by atoms with Crippen LogP contribution in [0.5, 0.6) is 0 Å². The lowest BCUT2D eigenvalue weighted by Crippen LogP contribution is -2.22. The van der Waals surface area contributed by atoms with Crippen molar-refractivity contribution in [3.63, 3.8) is 0 Å². The number of aromatic nitrogens is 3. The molecule has 1 N–H and O–H groups in total. The number of carbonyl (C=O) groups is 2. The summed E-state index contributed by atoms with van der Waals surface area (Å²) in [5, 5.41) is 23.7. The smallest absolute Gasteiger partial charge is 0.250 e. The first-order chi connectivity index (χ1) is 14.1. The van der Waals surface area contributed by atoms with E-state index in [0.717, 1.165) is 11.4 Å². The number of thioether (sulfide) groups is 1. The molecule has 0 spiro atoms. The van der Waals surface area contributed by atoms with Gasteiger partial charge in [-0.15, -0.1) is 10.2 Å². The highest BCUT2D eigenvalue weighted by molar-refractivity contribution is 7.99. The van der Waals surface area contributed by atoms with Crippen molar-refractivity contribution in [3.8, 4) is 11.4 Å². The summed E-state index contributed by atoms with van der Waals surface area (Å²) in [6, 6.07) is 15.7. The van der Waals surface area contributed by atoms with Gasteiger partial charge >= 0.3 is 0 Å². The highest BCUT2D eigenvalue weighted by Gasteiger charge is 2.14. The normalized spacial score (nSPS) is 10.9. The zero-order chi connectivity index (χ0) is 20.6. The third-order valence-electron chi connectivity index (χ3n) is 3.95. The van der Waals surface area contributed by atoms with Crippen molar-refractivity contribution in [2.45, 2.75) is 18.6 Å². The number of aromatic carboxylic acids is 1. The zero-order valence-corrected chi connectivity index (χ0v) is 16.4. The van der Waals surface area contributed by atoms with Gasteiger partial charge in [0, 0.05) is 12.1 Å². The molecule has 0 aliphatic heterocycles. The highest BCUT2D eigenvalue weighted by atomic mass is 32.2. The Bertz CT molecular complexity index is 1020. The Labute approximate surface area is 171 Å². The SMILES string of the molecule is CCn1c(SCC(=O)N/N=C\c2ccc(C(=O)[O-])cc2)nnc1-c1ccccc1. The van der Waals surface area contributed by atoms with E-state index in [2.05, 4.69) is 20.7 Å². The zero-order valence-electron chi connectivity index (χ0n) is 15.6. The van der Waals surface area contributed by atoms with E-state index < -0.39 is 5.97 Å². The molecule has 2 aromatic carbocycles. The number of carboxylic acids is 1. The Balaban J connectivity index is 1.55. The van der Waals surface area contributed by atoms with Crippen molar-refractivity contribution in [1.29, 1.82) is 0 Å². The fourth-order valence-corrected chi connectivity index (χ4v) is 3.32. The average molecular weight is 408 g/mol. The van der Waals surface area contributed by atoms with Gasteiger partial charge in [-0.3, -0.25) is 4.79 Å². The molecule has 0 aliphatic rings. The van der Waals surface area contributed by atoms with Crippen LogP contribution >= 0.6 is 11.8 Å². The van der Waals surface area contributed by atoms with Crippen LogP contribution in [0.1, 0.15) is 22.8 Å². The summed E-state index contributed by atoms with van der Waals surface area (Å²) in [4.78, 5) is 22.8. The van der Waals surface area contributed by atoms with Crippen molar-refractivity contribution in [2.75, 3.05) is 5.75 Å². The highest BCUT2D eigenvalue weighted by Crippen LogP contribution is 2.23. The van der Waals surface area contributed by atoms with Crippen molar-refractivity contribution < 1.29 is 14.7 Å². The first kappa shape index (κ1) is 20.3. The number of hydrazone groups is 1. The van der Waals surface area contributed by atoms with Crippen molar-refractivity contribution in [1.82, 2.24) is 20.2 Å². The van der Waals surface area contributed by atoms with Crippen LogP contribution in [0.25, 0.3) is 11.4 Å². The minimum atomic E-state index is -1.24. The van der Waals surface area contributed by atoms with Gasteiger partial charge in [0.05, 0.1) is 17.9 Å². The second kappa shape index (κ2) is 9.65. The summed E-state index contributed by atoms with van der Waals surface area (Å²) in [6.07, 6.45) is 1.43. The van der Waals surface area contributed by atoms with E-state index in [1.165, 1.54) is 30.1 Å². The Kier molecular flexibility index (Phi) is 6.75. The Hall–Kier alpha value is -3.46. The van der Waals surface area contributed by atoms with Crippen LogP contribution in [0.3, 0.4) is 0 Å². The van der Waals surface area contributed by atoms with Gasteiger partial charge in [0.1, 0.15) is 0 Å². The van der Waals surface area contributed by atoms with Crippen LogP contribution in [0.15, 0.2) is 64.9 Å². The lowest BCUT2D eigenvalue weighted by atomic mass is 10.1. The molecule has 1 aromatic heterocycles. The van der Waals surface area contributed by atoms with E-state index in [1.54, 1.807) is 12.1 Å². The van der Waals surface area contributed by atoms with Crippen LogP contribution in [0.4, 0.5) is 0 Å². The molecule has 1 amide bonds. The third-order valence-corrected chi connectivity index (χ3v) is 4.91. The summed E-state index contributed by atoms with van der Waals surface area (Å²) in [5.74, 6) is -0.638. The molecule has 0 atom stereocenters. The predicted octanol–water partition coefficient (Wildman–Crippen LogP) is 1.57. The summed E-state index contributed by atoms with van der Waals surface area (Å²) >= 11 is 1.28. The lowest BCUT2D eigenvalue weighted by Gasteiger charge is -2.06. The number of nitrogens with zero attached hydrogens (tertiary/aromatic N) is 4. The summed E-state index contributed by atoms with van der Waals surface area (Å²) in [6.45, 7) is 2.68. The number of nitrogens with one attached hydrogen (secondary N) is 1. The maximum Gasteiger partial charge on any atom is 0.250 e. The first-order valence-corrected chi connectivity index (χ1v) is 9.81. The minimum Gasteiger partial charge on any atom is -0.545 e. The monoisotopic (exact) mass is 408 g/mol. The average Bonchev–Trinajstić information content (AvgIpc) is 3.16. The molecule has 3 rings (SSSR count). The van der Waals surface area contributed by atoms with Gasteiger partial charge < -0.3 is 14.5 Å². The first-order valence-electron chi connectivity index (χ1n) is 8.83. The number of amides is 1. The molecule has 0 radical (unpaired) electrons. The number of benzene rings is 2. The fourth-order valence-electron chi connectivity index (χ4n) is 2.53. The second-order valence-corrected chi connectivity index (χ2v) is 6.85. The number of rotatable bonds is 8. The molecule has 0 saturated carbocycles. The van der Waals surface area contributed by atoms with E-state index in [9.17, 15) is 14.7 Å². The van der Waals surface area contributed by atoms with Crippen LogP contribution in [0, 0.1) is 0 Å². The topological polar surface area (TPSA) is 112 Å². The summed E-state index contributed by atoms with van der Waals surface area (Å²) < 4.78 is 1.95. The molecule has 0 saturated heterocycles. The Morgan fingerprint density at radius 3 is 2.52 bits per heavy atom. The quantitative estimate of drug-likeness (QED) is 0.344. The van der Waals surface area contributed by atoms with Crippen LogP contribution in [-0.2, 0) is 11.3 Å². The number of hydrogen-bond acceptors (Lipinski definition) is 7. The van der Waals surface area contributed by atoms with Crippen molar-refractivity contribution in [2.24, 2.45) is 5.10 Å². The number of hydrogen-bond donors (Lipinski definition) is 1. The van der Waals surface area contributed by atoms with Crippen LogP contribution in [-0.4, -0.2) is 38.6 Å². The molecular formula is C20H18N5O3S-. The maximum atomic E-state index is 12.0. The van der Waals surface area contributed by atoms with E-state index >= 15 is 0 Å². The fraction of sp³-hybridized carbons (Fsp3) is 0.150. The molecule has 8 nitrogen and oxygen atoms in total. The summed E-state index contributed by atoms with van der Waals surface area (Å²) in [7, 11) is 0. The van der Waals surface area contributed by atoms with E-state index in [4.69, 9.17) is 0 Å². The van der Waals surface area contributed by atoms with E-state index in [1.807, 2.05) is 41.8 Å². The molecular weight excluding hydrogens is 390 g/mol. The largest absolute Gasteiger partial charge is 0.545 e. The standard InChI is InChI=1S/C20H19N5O3S/c1-2-25-18(15-6-4-3-5-7-15)23-24-20(25)29-13-17(26)22-21-12-14-8-10-16(11-9-14)19(27)28/h3-12H,2,13H2,1H3,(H,22,26)(H,27,28)/p-1/b21-12-. The van der Waals surface area contributed by atoms with Crippen LogP contribution in [0.2, 0.25) is 0 Å². The van der Waals surface area contributed by atoms with Gasteiger partial charge in [0.15, 0.2) is 11.0 Å². The summed E-state index contributed by atoms with van der Waals surface area (Å²) in [5.41, 5.74) is 4.14. The molecule has 148 valence electrons. The minimum absolute atomic E-state index is 0.0810. The predicted molar refractivity (Wildman–Crippen MR) is 108 cm³/mol. The van der Waals surface area contributed by atoms with Gasteiger partial charge in [0.2, 0.25) is 0 Å². The molecule has 9 heteroatoms. The Morgan fingerprint density at radius 1 is 1.14 bits per heavy atom. The lowest BCUT2D eigenvalue weighted by molar-refractivity contribution is -0.255. The number of carboxylic acid groups (broad SMARTS) is 1. The maximum absolute atomic E-state index is 12.0. The molecule has 0 bridgehead atoms. The molecule has 0 unspecified atom stereocenters. The molecule has 1 heterocycles. The van der Waals surface area contributed by atoms with Gasteiger partial charge in [-0.2, -0.15) is 5.10 Å². The number of carbonyl (C=O) groups excluding carboxylic acids is 2.